The number of hydrogen-bond acceptors (Lipinski definition) is 1. The zero-order valence-electron chi connectivity index (χ0n) is 11.7. The van der Waals surface area contributed by atoms with Gasteiger partial charge in [0.2, 0.25) is 0 Å². The number of hydrogen-bond donors (Lipinski definition) is 2. The van der Waals surface area contributed by atoms with Crippen LogP contribution in [0.5, 0.6) is 0 Å². The van der Waals surface area contributed by atoms with Gasteiger partial charge in [0, 0.05) is 13.6 Å². The van der Waals surface area contributed by atoms with Crippen molar-refractivity contribution in [1.82, 2.24) is 10.6 Å². The Morgan fingerprint density at radius 2 is 1.71 bits per heavy atom. The van der Waals surface area contributed by atoms with Crippen molar-refractivity contribution >= 4 is 29.9 Å². The Morgan fingerprint density at radius 1 is 1.14 bits per heavy atom. The Morgan fingerprint density at radius 3 is 2.14 bits per heavy atom. The molecule has 0 saturated heterocycles. The van der Waals surface area contributed by atoms with E-state index in [1.165, 1.54) is 7.05 Å². The van der Waals surface area contributed by atoms with E-state index >= 15 is 0 Å². The SMILES string of the molecule is CN=C(NCC(F)F)NCC1CCC(C(F)(F)F)CC1.I. The molecule has 1 saturated carbocycles. The van der Waals surface area contributed by atoms with Crippen LogP contribution in [-0.4, -0.2) is 38.7 Å². The van der Waals surface area contributed by atoms with E-state index in [4.69, 9.17) is 0 Å². The van der Waals surface area contributed by atoms with Crippen molar-refractivity contribution in [2.45, 2.75) is 38.3 Å². The van der Waals surface area contributed by atoms with Gasteiger partial charge in [0.05, 0.1) is 12.5 Å². The number of rotatable bonds is 4. The van der Waals surface area contributed by atoms with Crippen LogP contribution in [0.4, 0.5) is 22.0 Å². The van der Waals surface area contributed by atoms with Crippen molar-refractivity contribution in [2.75, 3.05) is 20.1 Å². The maximum absolute atomic E-state index is 12.5. The minimum atomic E-state index is -4.10. The molecule has 0 aliphatic heterocycles. The van der Waals surface area contributed by atoms with Crippen molar-refractivity contribution < 1.29 is 22.0 Å². The second-order valence-electron chi connectivity index (χ2n) is 4.98. The highest BCUT2D eigenvalue weighted by atomic mass is 127. The fourth-order valence-electron chi connectivity index (χ4n) is 2.33. The smallest absolute Gasteiger partial charge is 0.356 e. The van der Waals surface area contributed by atoms with Crippen molar-refractivity contribution in [3.05, 3.63) is 0 Å². The normalized spacial score (nSPS) is 23.7. The first-order valence-electron chi connectivity index (χ1n) is 6.62. The number of nitrogens with one attached hydrogen (secondary N) is 2. The minimum absolute atomic E-state index is 0. The lowest BCUT2D eigenvalue weighted by molar-refractivity contribution is -0.183. The largest absolute Gasteiger partial charge is 0.391 e. The van der Waals surface area contributed by atoms with Crippen LogP contribution in [0.15, 0.2) is 4.99 Å². The van der Waals surface area contributed by atoms with Gasteiger partial charge in [-0.1, -0.05) is 0 Å². The zero-order chi connectivity index (χ0) is 15.2. The van der Waals surface area contributed by atoms with Gasteiger partial charge in [-0.3, -0.25) is 4.99 Å². The van der Waals surface area contributed by atoms with Crippen LogP contribution in [0.1, 0.15) is 25.7 Å². The van der Waals surface area contributed by atoms with Crippen LogP contribution >= 0.6 is 24.0 Å². The third-order valence-electron chi connectivity index (χ3n) is 3.52. The van der Waals surface area contributed by atoms with Crippen molar-refractivity contribution in [3.63, 3.8) is 0 Å². The van der Waals surface area contributed by atoms with E-state index in [9.17, 15) is 22.0 Å². The van der Waals surface area contributed by atoms with Gasteiger partial charge in [-0.2, -0.15) is 13.2 Å². The standard InChI is InChI=1S/C12H20F5N3.HI/c1-18-11(20-7-10(13)14)19-6-8-2-4-9(5-3-8)12(15,16)17;/h8-10H,2-7H2,1H3,(H2,18,19,20);1H. The summed E-state index contributed by atoms with van der Waals surface area (Å²) >= 11 is 0. The molecule has 126 valence electrons. The summed E-state index contributed by atoms with van der Waals surface area (Å²) in [6, 6.07) is 0. The molecule has 0 atom stereocenters. The molecule has 0 unspecified atom stereocenters. The predicted molar refractivity (Wildman–Crippen MR) is 82.3 cm³/mol. The van der Waals surface area contributed by atoms with E-state index in [0.29, 0.717) is 19.4 Å². The summed E-state index contributed by atoms with van der Waals surface area (Å²) in [5, 5.41) is 5.32. The molecule has 1 aliphatic rings. The number of halogens is 6. The molecular weight excluding hydrogens is 408 g/mol. The van der Waals surface area contributed by atoms with E-state index in [0.717, 1.165) is 0 Å². The molecule has 0 aromatic carbocycles. The summed E-state index contributed by atoms with van der Waals surface area (Å²) in [5.74, 6) is -0.822. The molecule has 0 radical (unpaired) electrons. The second-order valence-corrected chi connectivity index (χ2v) is 4.98. The maximum atomic E-state index is 12.5. The molecule has 1 rings (SSSR count). The Bertz CT molecular complexity index is 315. The first-order chi connectivity index (χ1) is 9.32. The monoisotopic (exact) mass is 429 g/mol. The average molecular weight is 429 g/mol. The molecule has 1 fully saturated rings. The molecule has 0 heterocycles. The highest BCUT2D eigenvalue weighted by Gasteiger charge is 2.41. The van der Waals surface area contributed by atoms with Gasteiger partial charge < -0.3 is 10.6 Å². The predicted octanol–water partition coefficient (Wildman–Crippen LogP) is 3.40. The van der Waals surface area contributed by atoms with Crippen LogP contribution in [0, 0.1) is 11.8 Å². The molecule has 0 amide bonds. The van der Waals surface area contributed by atoms with Crippen LogP contribution in [-0.2, 0) is 0 Å². The highest BCUT2D eigenvalue weighted by Crippen LogP contribution is 2.39. The van der Waals surface area contributed by atoms with Gasteiger partial charge in [0.25, 0.3) is 6.43 Å². The minimum Gasteiger partial charge on any atom is -0.356 e. The molecule has 21 heavy (non-hydrogen) atoms. The highest BCUT2D eigenvalue weighted by molar-refractivity contribution is 14.0. The number of nitrogens with zero attached hydrogens (tertiary/aromatic N) is 1. The van der Waals surface area contributed by atoms with E-state index in [1.54, 1.807) is 0 Å². The van der Waals surface area contributed by atoms with Crippen molar-refractivity contribution in [3.8, 4) is 0 Å². The first kappa shape index (κ1) is 20.6. The molecule has 0 bridgehead atoms. The number of aliphatic imine (C=N–C) groups is 1. The Labute approximate surface area is 138 Å². The summed E-state index contributed by atoms with van der Waals surface area (Å²) in [6.07, 6.45) is -5.33. The van der Waals surface area contributed by atoms with Crippen molar-refractivity contribution in [2.24, 2.45) is 16.8 Å². The van der Waals surface area contributed by atoms with Crippen molar-refractivity contribution in [1.29, 1.82) is 0 Å². The van der Waals surface area contributed by atoms with Gasteiger partial charge in [-0.25, -0.2) is 8.78 Å². The Balaban J connectivity index is 0.00000400. The lowest BCUT2D eigenvalue weighted by Crippen LogP contribution is -2.42. The zero-order valence-corrected chi connectivity index (χ0v) is 14.1. The van der Waals surface area contributed by atoms with Crippen LogP contribution in [0.2, 0.25) is 0 Å². The lowest BCUT2D eigenvalue weighted by Gasteiger charge is -2.30. The van der Waals surface area contributed by atoms with E-state index < -0.39 is 25.1 Å². The Kier molecular flexibility index (Phi) is 9.46. The summed E-state index contributed by atoms with van der Waals surface area (Å²) in [4.78, 5) is 3.78. The molecule has 0 aromatic rings. The van der Waals surface area contributed by atoms with E-state index in [1.807, 2.05) is 0 Å². The average Bonchev–Trinajstić information content (AvgIpc) is 2.38. The van der Waals surface area contributed by atoms with Gasteiger partial charge in [0.1, 0.15) is 0 Å². The summed E-state index contributed by atoms with van der Waals surface area (Å²) in [6.45, 7) is -0.0476. The molecular formula is C12H21F5IN3. The summed E-state index contributed by atoms with van der Waals surface area (Å²) in [7, 11) is 1.46. The van der Waals surface area contributed by atoms with Gasteiger partial charge in [0.15, 0.2) is 5.96 Å². The quantitative estimate of drug-likeness (QED) is 0.311. The van der Waals surface area contributed by atoms with Gasteiger partial charge >= 0.3 is 6.18 Å². The number of alkyl halides is 5. The Hall–Kier alpha value is -0.350. The maximum Gasteiger partial charge on any atom is 0.391 e. The molecule has 0 aromatic heterocycles. The molecule has 3 nitrogen and oxygen atoms in total. The van der Waals surface area contributed by atoms with Crippen LogP contribution in [0.25, 0.3) is 0 Å². The lowest BCUT2D eigenvalue weighted by atomic mass is 9.81. The fraction of sp³-hybridized carbons (Fsp3) is 0.917. The van der Waals surface area contributed by atoms with E-state index in [2.05, 4.69) is 15.6 Å². The molecule has 9 heteroatoms. The van der Waals surface area contributed by atoms with Crippen LogP contribution < -0.4 is 10.6 Å². The third-order valence-corrected chi connectivity index (χ3v) is 3.52. The molecule has 2 N–H and O–H groups in total. The second kappa shape index (κ2) is 9.62. The fourth-order valence-corrected chi connectivity index (χ4v) is 2.33. The molecule has 1 aliphatic carbocycles. The third kappa shape index (κ3) is 8.01. The number of guanidine groups is 1. The van der Waals surface area contributed by atoms with Gasteiger partial charge in [-0.15, -0.1) is 24.0 Å². The summed E-state index contributed by atoms with van der Waals surface area (Å²) < 4.78 is 61.6. The van der Waals surface area contributed by atoms with Gasteiger partial charge in [-0.05, 0) is 31.6 Å². The molecule has 0 spiro atoms. The summed E-state index contributed by atoms with van der Waals surface area (Å²) in [5.41, 5.74) is 0. The topological polar surface area (TPSA) is 36.4 Å². The van der Waals surface area contributed by atoms with E-state index in [-0.39, 0.29) is 48.7 Å². The van der Waals surface area contributed by atoms with Crippen LogP contribution in [0.3, 0.4) is 0 Å². The first-order valence-corrected chi connectivity index (χ1v) is 6.62.